The van der Waals surface area contributed by atoms with Crippen LogP contribution in [0.5, 0.6) is 0 Å². The zero-order valence-corrected chi connectivity index (χ0v) is 10.1. The van der Waals surface area contributed by atoms with Crippen LogP contribution in [0.4, 0.5) is 10.1 Å². The fourth-order valence-electron chi connectivity index (χ4n) is 2.26. The highest BCUT2D eigenvalue weighted by Gasteiger charge is 2.37. The monoisotopic (exact) mass is 233 g/mol. The van der Waals surface area contributed by atoms with Gasteiger partial charge in [-0.25, -0.2) is 4.39 Å². The lowest BCUT2D eigenvalue weighted by atomic mass is 9.72. The van der Waals surface area contributed by atoms with Gasteiger partial charge in [-0.3, -0.25) is 0 Å². The number of halogens is 1. The van der Waals surface area contributed by atoms with Crippen LogP contribution in [-0.4, -0.2) is 14.1 Å². The Balaban J connectivity index is 2.55. The molecule has 1 fully saturated rings. The van der Waals surface area contributed by atoms with Crippen molar-refractivity contribution in [1.82, 2.24) is 0 Å². The molecule has 0 spiro atoms. The zero-order chi connectivity index (χ0) is 12.6. The fraction of sp³-hybridized carbons (Fsp3) is 0.462. The SMILES string of the molecule is CN(C)c1ccc(C2(N)CCC2)c(F)c1C#N. The van der Waals surface area contributed by atoms with Gasteiger partial charge in [-0.1, -0.05) is 6.07 Å². The minimum atomic E-state index is -0.569. The van der Waals surface area contributed by atoms with Crippen LogP contribution >= 0.6 is 0 Å². The van der Waals surface area contributed by atoms with Crippen molar-refractivity contribution in [2.45, 2.75) is 24.8 Å². The number of benzene rings is 1. The molecule has 0 radical (unpaired) electrons. The van der Waals surface area contributed by atoms with E-state index in [1.165, 1.54) is 0 Å². The Morgan fingerprint density at radius 2 is 2.06 bits per heavy atom. The van der Waals surface area contributed by atoms with Crippen molar-refractivity contribution in [2.75, 3.05) is 19.0 Å². The molecule has 0 heterocycles. The minimum Gasteiger partial charge on any atom is -0.377 e. The van der Waals surface area contributed by atoms with E-state index in [-0.39, 0.29) is 5.56 Å². The molecular weight excluding hydrogens is 217 g/mol. The first-order chi connectivity index (χ1) is 7.99. The van der Waals surface area contributed by atoms with Crippen molar-refractivity contribution in [2.24, 2.45) is 5.73 Å². The van der Waals surface area contributed by atoms with E-state index in [0.717, 1.165) is 19.3 Å². The maximum absolute atomic E-state index is 14.3. The van der Waals surface area contributed by atoms with Gasteiger partial charge >= 0.3 is 0 Å². The van der Waals surface area contributed by atoms with E-state index < -0.39 is 11.4 Å². The topological polar surface area (TPSA) is 53.0 Å². The molecule has 0 bridgehead atoms. The van der Waals surface area contributed by atoms with Gasteiger partial charge in [0.15, 0.2) is 0 Å². The molecule has 2 rings (SSSR count). The lowest BCUT2D eigenvalue weighted by Gasteiger charge is -2.39. The summed E-state index contributed by atoms with van der Waals surface area (Å²) in [5.41, 5.74) is 6.70. The fourth-order valence-corrected chi connectivity index (χ4v) is 2.26. The normalized spacial score (nSPS) is 17.1. The van der Waals surface area contributed by atoms with E-state index in [2.05, 4.69) is 0 Å². The van der Waals surface area contributed by atoms with Crippen molar-refractivity contribution in [1.29, 1.82) is 5.26 Å². The molecule has 1 aliphatic carbocycles. The van der Waals surface area contributed by atoms with Gasteiger partial charge in [0.05, 0.1) is 5.69 Å². The summed E-state index contributed by atoms with van der Waals surface area (Å²) in [5.74, 6) is -0.457. The molecule has 0 aromatic heterocycles. The Morgan fingerprint density at radius 1 is 1.41 bits per heavy atom. The summed E-state index contributed by atoms with van der Waals surface area (Å²) in [5, 5.41) is 9.07. The molecule has 0 atom stereocenters. The number of nitriles is 1. The third-order valence-corrected chi connectivity index (χ3v) is 3.50. The molecule has 0 amide bonds. The third kappa shape index (κ3) is 1.77. The number of nitrogens with zero attached hydrogens (tertiary/aromatic N) is 2. The van der Waals surface area contributed by atoms with Crippen molar-refractivity contribution in [3.63, 3.8) is 0 Å². The van der Waals surface area contributed by atoms with Crippen LogP contribution in [0, 0.1) is 17.1 Å². The summed E-state index contributed by atoms with van der Waals surface area (Å²) in [7, 11) is 3.58. The smallest absolute Gasteiger partial charge is 0.148 e. The molecule has 3 nitrogen and oxygen atoms in total. The lowest BCUT2D eigenvalue weighted by Crippen LogP contribution is -2.44. The lowest BCUT2D eigenvalue weighted by molar-refractivity contribution is 0.245. The molecule has 0 aliphatic heterocycles. The number of nitrogens with two attached hydrogens (primary N) is 1. The average Bonchev–Trinajstić information content (AvgIpc) is 2.25. The predicted molar refractivity (Wildman–Crippen MR) is 65.2 cm³/mol. The Labute approximate surface area is 101 Å². The first kappa shape index (κ1) is 11.9. The van der Waals surface area contributed by atoms with E-state index in [1.807, 2.05) is 6.07 Å². The Bertz CT molecular complexity index is 484. The third-order valence-electron chi connectivity index (χ3n) is 3.50. The summed E-state index contributed by atoms with van der Waals surface area (Å²) in [6.07, 6.45) is 2.60. The van der Waals surface area contributed by atoms with E-state index in [9.17, 15) is 4.39 Å². The quantitative estimate of drug-likeness (QED) is 0.851. The second kappa shape index (κ2) is 4.01. The maximum Gasteiger partial charge on any atom is 0.148 e. The highest BCUT2D eigenvalue weighted by atomic mass is 19.1. The Hall–Kier alpha value is -1.60. The standard InChI is InChI=1S/C13H16FN3/c1-17(2)11-5-4-10(12(14)9(11)8-15)13(16)6-3-7-13/h4-5H,3,6-7,16H2,1-2H3. The summed E-state index contributed by atoms with van der Waals surface area (Å²) < 4.78 is 14.3. The van der Waals surface area contributed by atoms with Gasteiger partial charge in [0, 0.05) is 25.2 Å². The summed E-state index contributed by atoms with van der Waals surface area (Å²) in [4.78, 5) is 1.73. The minimum absolute atomic E-state index is 0.0872. The van der Waals surface area contributed by atoms with Gasteiger partial charge < -0.3 is 10.6 Å². The van der Waals surface area contributed by atoms with Gasteiger partial charge in [-0.05, 0) is 25.3 Å². The van der Waals surface area contributed by atoms with E-state index in [0.29, 0.717) is 11.3 Å². The first-order valence-corrected chi connectivity index (χ1v) is 5.69. The van der Waals surface area contributed by atoms with Gasteiger partial charge in [0.2, 0.25) is 0 Å². The van der Waals surface area contributed by atoms with Crippen LogP contribution in [0.15, 0.2) is 12.1 Å². The average molecular weight is 233 g/mol. The number of hydrogen-bond donors (Lipinski definition) is 1. The van der Waals surface area contributed by atoms with Crippen LogP contribution in [-0.2, 0) is 5.54 Å². The maximum atomic E-state index is 14.3. The van der Waals surface area contributed by atoms with Crippen molar-refractivity contribution < 1.29 is 4.39 Å². The Morgan fingerprint density at radius 3 is 2.47 bits per heavy atom. The second-order valence-electron chi connectivity index (χ2n) is 4.84. The molecule has 1 aliphatic rings. The second-order valence-corrected chi connectivity index (χ2v) is 4.84. The summed E-state index contributed by atoms with van der Waals surface area (Å²) in [6, 6.07) is 5.41. The summed E-state index contributed by atoms with van der Waals surface area (Å²) in [6.45, 7) is 0. The van der Waals surface area contributed by atoms with Crippen LogP contribution in [0.25, 0.3) is 0 Å². The molecule has 17 heavy (non-hydrogen) atoms. The molecule has 1 aromatic rings. The molecule has 1 aromatic carbocycles. The molecule has 0 unspecified atom stereocenters. The molecule has 1 saturated carbocycles. The van der Waals surface area contributed by atoms with Crippen LogP contribution in [0.3, 0.4) is 0 Å². The van der Waals surface area contributed by atoms with Crippen LogP contribution in [0.2, 0.25) is 0 Å². The molecule has 4 heteroatoms. The van der Waals surface area contributed by atoms with E-state index in [1.54, 1.807) is 31.1 Å². The first-order valence-electron chi connectivity index (χ1n) is 5.69. The number of rotatable bonds is 2. The highest BCUT2D eigenvalue weighted by Crippen LogP contribution is 2.41. The van der Waals surface area contributed by atoms with Gasteiger partial charge in [0.25, 0.3) is 0 Å². The van der Waals surface area contributed by atoms with E-state index in [4.69, 9.17) is 11.0 Å². The van der Waals surface area contributed by atoms with Gasteiger partial charge in [-0.2, -0.15) is 5.26 Å². The van der Waals surface area contributed by atoms with Crippen molar-refractivity contribution in [3.05, 3.63) is 29.1 Å². The van der Waals surface area contributed by atoms with Gasteiger partial charge in [-0.15, -0.1) is 0 Å². The zero-order valence-electron chi connectivity index (χ0n) is 10.1. The molecule has 2 N–H and O–H groups in total. The van der Waals surface area contributed by atoms with Gasteiger partial charge in [0.1, 0.15) is 17.4 Å². The van der Waals surface area contributed by atoms with Crippen molar-refractivity contribution in [3.8, 4) is 6.07 Å². The van der Waals surface area contributed by atoms with Crippen molar-refractivity contribution >= 4 is 5.69 Å². The molecular formula is C13H16FN3. The van der Waals surface area contributed by atoms with E-state index >= 15 is 0 Å². The highest BCUT2D eigenvalue weighted by molar-refractivity contribution is 5.61. The predicted octanol–water partition coefficient (Wildman–Crippen LogP) is 2.10. The summed E-state index contributed by atoms with van der Waals surface area (Å²) >= 11 is 0. The number of hydrogen-bond acceptors (Lipinski definition) is 3. The molecule has 0 saturated heterocycles. The molecule has 90 valence electrons. The van der Waals surface area contributed by atoms with Crippen LogP contribution in [0.1, 0.15) is 30.4 Å². The largest absolute Gasteiger partial charge is 0.377 e. The number of anilines is 1. The van der Waals surface area contributed by atoms with Crippen LogP contribution < -0.4 is 10.6 Å². The Kier molecular flexibility index (Phi) is 2.80.